The topological polar surface area (TPSA) is 17.8 Å². The quantitative estimate of drug-likeness (QED) is 0.800. The van der Waals surface area contributed by atoms with E-state index in [2.05, 4.69) is 5.10 Å². The highest BCUT2D eigenvalue weighted by atomic mass is 35.5. The Labute approximate surface area is 108 Å². The molecule has 88 valence electrons. The van der Waals surface area contributed by atoms with Gasteiger partial charge in [0.1, 0.15) is 16.7 Å². The molecule has 1 aromatic carbocycles. The van der Waals surface area contributed by atoms with Crippen molar-refractivity contribution in [1.82, 2.24) is 9.78 Å². The highest BCUT2D eigenvalue weighted by Crippen LogP contribution is 2.40. The Morgan fingerprint density at radius 2 is 2.06 bits per heavy atom. The number of benzene rings is 1. The molecule has 0 bridgehead atoms. The van der Waals surface area contributed by atoms with Gasteiger partial charge in [0.15, 0.2) is 0 Å². The number of halogens is 3. The number of hydrogen-bond donors (Lipinski definition) is 0. The van der Waals surface area contributed by atoms with Gasteiger partial charge in [-0.1, -0.05) is 29.3 Å². The summed E-state index contributed by atoms with van der Waals surface area (Å²) >= 11 is 12.1. The number of rotatable bonds is 2. The van der Waals surface area contributed by atoms with Crippen molar-refractivity contribution < 1.29 is 4.39 Å². The van der Waals surface area contributed by atoms with Gasteiger partial charge in [-0.3, -0.25) is 0 Å². The van der Waals surface area contributed by atoms with Crippen LogP contribution in [0.2, 0.25) is 10.2 Å². The molecule has 1 aromatic heterocycles. The monoisotopic (exact) mass is 270 g/mol. The standard InChI is InChI=1S/C12H9Cl2FN2/c13-8-2-1-3-9(15)12(8)17-11(14)6-10(16-17)7-4-5-7/h1-3,6-7H,4-5H2. The summed E-state index contributed by atoms with van der Waals surface area (Å²) in [5, 5.41) is 5.01. The first kappa shape index (κ1) is 11.1. The van der Waals surface area contributed by atoms with Crippen molar-refractivity contribution in [2.24, 2.45) is 0 Å². The SMILES string of the molecule is Fc1cccc(Cl)c1-n1nc(C2CC2)cc1Cl. The molecular weight excluding hydrogens is 262 g/mol. The summed E-state index contributed by atoms with van der Waals surface area (Å²) in [6, 6.07) is 6.30. The highest BCUT2D eigenvalue weighted by molar-refractivity contribution is 6.33. The van der Waals surface area contributed by atoms with Crippen LogP contribution in [0.15, 0.2) is 24.3 Å². The molecule has 1 aliphatic carbocycles. The van der Waals surface area contributed by atoms with Crippen LogP contribution < -0.4 is 0 Å². The van der Waals surface area contributed by atoms with Gasteiger partial charge in [-0.2, -0.15) is 5.10 Å². The van der Waals surface area contributed by atoms with Gasteiger partial charge in [0.25, 0.3) is 0 Å². The van der Waals surface area contributed by atoms with Gasteiger partial charge in [0.05, 0.1) is 10.7 Å². The van der Waals surface area contributed by atoms with Crippen molar-refractivity contribution in [3.05, 3.63) is 46.0 Å². The molecule has 1 saturated carbocycles. The second kappa shape index (κ2) is 4.00. The van der Waals surface area contributed by atoms with Crippen molar-refractivity contribution in [1.29, 1.82) is 0 Å². The van der Waals surface area contributed by atoms with E-state index in [1.54, 1.807) is 18.2 Å². The summed E-state index contributed by atoms with van der Waals surface area (Å²) in [7, 11) is 0. The fraction of sp³-hybridized carbons (Fsp3) is 0.250. The number of para-hydroxylation sites is 1. The van der Waals surface area contributed by atoms with Crippen LogP contribution in [0.3, 0.4) is 0 Å². The van der Waals surface area contributed by atoms with Gasteiger partial charge in [0.2, 0.25) is 0 Å². The lowest BCUT2D eigenvalue weighted by molar-refractivity contribution is 0.610. The summed E-state index contributed by atoms with van der Waals surface area (Å²) in [6.07, 6.45) is 2.25. The first-order valence-electron chi connectivity index (χ1n) is 5.36. The van der Waals surface area contributed by atoms with Crippen LogP contribution in [0, 0.1) is 5.82 Å². The lowest BCUT2D eigenvalue weighted by Gasteiger charge is -2.06. The average molecular weight is 271 g/mol. The van der Waals surface area contributed by atoms with Gasteiger partial charge in [-0.25, -0.2) is 9.07 Å². The molecule has 1 aliphatic rings. The molecule has 5 heteroatoms. The van der Waals surface area contributed by atoms with E-state index >= 15 is 0 Å². The minimum Gasteiger partial charge on any atom is -0.217 e. The Morgan fingerprint density at radius 1 is 1.29 bits per heavy atom. The maximum atomic E-state index is 13.7. The zero-order chi connectivity index (χ0) is 12.0. The Hall–Kier alpha value is -1.06. The predicted molar refractivity (Wildman–Crippen MR) is 65.5 cm³/mol. The predicted octanol–water partition coefficient (Wildman–Crippen LogP) is 4.20. The highest BCUT2D eigenvalue weighted by Gasteiger charge is 2.28. The fourth-order valence-corrected chi connectivity index (χ4v) is 2.28. The van der Waals surface area contributed by atoms with Crippen molar-refractivity contribution in [3.63, 3.8) is 0 Å². The van der Waals surface area contributed by atoms with Crippen molar-refractivity contribution in [3.8, 4) is 5.69 Å². The maximum absolute atomic E-state index is 13.7. The first-order chi connectivity index (χ1) is 8.16. The molecule has 0 N–H and O–H groups in total. The summed E-state index contributed by atoms with van der Waals surface area (Å²) in [4.78, 5) is 0. The first-order valence-corrected chi connectivity index (χ1v) is 6.12. The molecule has 0 aliphatic heterocycles. The third-order valence-electron chi connectivity index (χ3n) is 2.83. The van der Waals surface area contributed by atoms with Crippen LogP contribution in [0.25, 0.3) is 5.69 Å². The lowest BCUT2D eigenvalue weighted by atomic mass is 10.3. The molecule has 2 nitrogen and oxygen atoms in total. The van der Waals surface area contributed by atoms with Gasteiger partial charge in [0, 0.05) is 5.92 Å². The molecule has 1 fully saturated rings. The van der Waals surface area contributed by atoms with Crippen LogP contribution in [0.4, 0.5) is 4.39 Å². The molecular formula is C12H9Cl2FN2. The average Bonchev–Trinajstić information content (AvgIpc) is 3.05. The van der Waals surface area contributed by atoms with Gasteiger partial charge in [-0.15, -0.1) is 0 Å². The van der Waals surface area contributed by atoms with Gasteiger partial charge in [-0.05, 0) is 31.0 Å². The summed E-state index contributed by atoms with van der Waals surface area (Å²) in [5.74, 6) is 0.0455. The lowest BCUT2D eigenvalue weighted by Crippen LogP contribution is -2.01. The van der Waals surface area contributed by atoms with E-state index in [0.29, 0.717) is 16.1 Å². The largest absolute Gasteiger partial charge is 0.217 e. The molecule has 0 spiro atoms. The Bertz CT molecular complexity index is 556. The summed E-state index contributed by atoms with van der Waals surface area (Å²) in [6.45, 7) is 0. The minimum atomic E-state index is -0.426. The van der Waals surface area contributed by atoms with Crippen LogP contribution in [-0.2, 0) is 0 Å². The number of hydrogen-bond acceptors (Lipinski definition) is 1. The van der Waals surface area contributed by atoms with E-state index in [0.717, 1.165) is 18.5 Å². The van der Waals surface area contributed by atoms with E-state index in [4.69, 9.17) is 23.2 Å². The third-order valence-corrected chi connectivity index (χ3v) is 3.40. The molecule has 1 heterocycles. The smallest absolute Gasteiger partial charge is 0.150 e. The van der Waals surface area contributed by atoms with Crippen LogP contribution >= 0.6 is 23.2 Å². The van der Waals surface area contributed by atoms with Crippen LogP contribution in [0.5, 0.6) is 0 Å². The summed E-state index contributed by atoms with van der Waals surface area (Å²) < 4.78 is 15.1. The zero-order valence-electron chi connectivity index (χ0n) is 8.83. The van der Waals surface area contributed by atoms with E-state index in [-0.39, 0.29) is 5.69 Å². The molecule has 0 saturated heterocycles. The summed E-state index contributed by atoms with van der Waals surface area (Å²) in [5.41, 5.74) is 1.13. The van der Waals surface area contributed by atoms with Gasteiger partial charge >= 0.3 is 0 Å². The third kappa shape index (κ3) is 1.94. The van der Waals surface area contributed by atoms with E-state index in [1.165, 1.54) is 10.7 Å². The number of nitrogens with zero attached hydrogens (tertiary/aromatic N) is 2. The molecule has 0 amide bonds. The zero-order valence-corrected chi connectivity index (χ0v) is 10.3. The van der Waals surface area contributed by atoms with Crippen LogP contribution in [-0.4, -0.2) is 9.78 Å². The second-order valence-corrected chi connectivity index (χ2v) is 4.94. The molecule has 0 unspecified atom stereocenters. The maximum Gasteiger partial charge on any atom is 0.150 e. The molecule has 3 rings (SSSR count). The Kier molecular flexibility index (Phi) is 2.60. The van der Waals surface area contributed by atoms with E-state index < -0.39 is 5.82 Å². The molecule has 0 radical (unpaired) electrons. The Balaban J connectivity index is 2.14. The van der Waals surface area contributed by atoms with Crippen molar-refractivity contribution in [2.75, 3.05) is 0 Å². The van der Waals surface area contributed by atoms with E-state index in [1.807, 2.05) is 0 Å². The van der Waals surface area contributed by atoms with E-state index in [9.17, 15) is 4.39 Å². The van der Waals surface area contributed by atoms with Crippen LogP contribution in [0.1, 0.15) is 24.5 Å². The van der Waals surface area contributed by atoms with Crippen molar-refractivity contribution in [2.45, 2.75) is 18.8 Å². The van der Waals surface area contributed by atoms with Gasteiger partial charge < -0.3 is 0 Å². The second-order valence-electron chi connectivity index (χ2n) is 4.15. The molecule has 2 aromatic rings. The molecule has 17 heavy (non-hydrogen) atoms. The molecule has 0 atom stereocenters. The fourth-order valence-electron chi connectivity index (χ4n) is 1.80. The van der Waals surface area contributed by atoms with Crippen molar-refractivity contribution >= 4 is 23.2 Å². The normalized spacial score (nSPS) is 15.2. The minimum absolute atomic E-state index is 0.214. The number of aromatic nitrogens is 2. The Morgan fingerprint density at radius 3 is 2.71 bits per heavy atom.